The molecule has 2 aliphatic rings. The fraction of sp³-hybridized carbons (Fsp3) is 0.320. The van der Waals surface area contributed by atoms with Gasteiger partial charge >= 0.3 is 6.18 Å². The van der Waals surface area contributed by atoms with E-state index >= 15 is 0 Å². The molecule has 6 heteroatoms. The number of nitrogens with one attached hydrogen (secondary N) is 1. The van der Waals surface area contributed by atoms with Gasteiger partial charge in [-0.1, -0.05) is 18.3 Å². The smallest absolute Gasteiger partial charge is 0.378 e. The summed E-state index contributed by atoms with van der Waals surface area (Å²) in [5.41, 5.74) is 2.90. The molecule has 1 fully saturated rings. The van der Waals surface area contributed by atoms with Crippen molar-refractivity contribution in [1.82, 2.24) is 4.98 Å². The van der Waals surface area contributed by atoms with Crippen molar-refractivity contribution in [2.24, 2.45) is 4.99 Å². The van der Waals surface area contributed by atoms with Crippen LogP contribution in [0.5, 0.6) is 0 Å². The summed E-state index contributed by atoms with van der Waals surface area (Å²) in [5.74, 6) is 6.15. The summed E-state index contributed by atoms with van der Waals surface area (Å²) < 4.78 is 39.7. The molecule has 0 unspecified atom stereocenters. The van der Waals surface area contributed by atoms with Gasteiger partial charge in [-0.05, 0) is 67.6 Å². The fourth-order valence-corrected chi connectivity index (χ4v) is 4.48. The summed E-state index contributed by atoms with van der Waals surface area (Å²) in [6.45, 7) is 0. The van der Waals surface area contributed by atoms with Crippen molar-refractivity contribution >= 4 is 22.8 Å². The van der Waals surface area contributed by atoms with Gasteiger partial charge in [-0.25, -0.2) is 0 Å². The highest BCUT2D eigenvalue weighted by Gasteiger charge is 2.31. The van der Waals surface area contributed by atoms with Crippen molar-refractivity contribution < 1.29 is 18.3 Å². The van der Waals surface area contributed by atoms with Crippen LogP contribution in [0, 0.1) is 11.8 Å². The molecule has 2 heterocycles. The topological polar surface area (TPSA) is 48.4 Å². The van der Waals surface area contributed by atoms with Crippen LogP contribution in [0.4, 0.5) is 18.9 Å². The summed E-state index contributed by atoms with van der Waals surface area (Å²) in [6.07, 6.45) is 2.22. The lowest BCUT2D eigenvalue weighted by Crippen LogP contribution is -2.29. The molecule has 1 saturated carbocycles. The number of benzene rings is 2. The average molecular weight is 422 g/mol. The van der Waals surface area contributed by atoms with Crippen LogP contribution in [0.15, 0.2) is 41.4 Å². The quantitative estimate of drug-likeness (QED) is 0.419. The fourth-order valence-electron chi connectivity index (χ4n) is 4.48. The van der Waals surface area contributed by atoms with Crippen LogP contribution in [0.3, 0.4) is 0 Å². The van der Waals surface area contributed by atoms with Crippen LogP contribution in [0.1, 0.15) is 48.8 Å². The van der Waals surface area contributed by atoms with E-state index in [9.17, 15) is 18.3 Å². The second-order valence-electron chi connectivity index (χ2n) is 8.33. The van der Waals surface area contributed by atoms with E-state index in [2.05, 4.69) is 21.8 Å². The number of fused-ring (bicyclic) bond motifs is 5. The zero-order valence-electron chi connectivity index (χ0n) is 16.8. The number of nitrogens with zero attached hydrogens (tertiary/aromatic N) is 1. The molecule has 158 valence electrons. The molecule has 1 aliphatic carbocycles. The van der Waals surface area contributed by atoms with Crippen molar-refractivity contribution in [3.63, 3.8) is 0 Å². The van der Waals surface area contributed by atoms with Crippen molar-refractivity contribution in [2.45, 2.75) is 50.3 Å². The minimum atomic E-state index is -4.39. The van der Waals surface area contributed by atoms with Crippen LogP contribution in [0.2, 0.25) is 0 Å². The summed E-state index contributed by atoms with van der Waals surface area (Å²) in [4.78, 5) is 7.78. The normalized spacial score (nSPS) is 17.4. The maximum Gasteiger partial charge on any atom is 0.416 e. The number of aromatic amines is 1. The summed E-state index contributed by atoms with van der Waals surface area (Å²) >= 11 is 0. The van der Waals surface area contributed by atoms with E-state index in [0.717, 1.165) is 53.4 Å². The second-order valence-corrected chi connectivity index (χ2v) is 8.33. The van der Waals surface area contributed by atoms with Crippen LogP contribution in [0.25, 0.3) is 22.2 Å². The zero-order chi connectivity index (χ0) is 21.6. The van der Waals surface area contributed by atoms with Gasteiger partial charge < -0.3 is 10.1 Å². The van der Waals surface area contributed by atoms with Gasteiger partial charge in [0.1, 0.15) is 5.60 Å². The van der Waals surface area contributed by atoms with Crippen molar-refractivity contribution in [2.75, 3.05) is 0 Å². The highest BCUT2D eigenvalue weighted by atomic mass is 19.4. The third-order valence-electron chi connectivity index (χ3n) is 6.15. The first-order chi connectivity index (χ1) is 14.8. The number of aromatic nitrogens is 1. The Labute approximate surface area is 178 Å². The molecule has 3 aromatic rings. The molecule has 0 spiro atoms. The van der Waals surface area contributed by atoms with E-state index in [1.165, 1.54) is 12.1 Å². The summed E-state index contributed by atoms with van der Waals surface area (Å²) in [7, 11) is 0. The SMILES string of the molecule is OC1(C#Cc2ccc3c(c2)-c2[nH]c4ccc(C(F)(F)F)cc4c2CC=N3)CCCCC1. The predicted molar refractivity (Wildman–Crippen MR) is 116 cm³/mol. The Bertz CT molecular complexity index is 1250. The summed E-state index contributed by atoms with van der Waals surface area (Å²) in [5, 5.41) is 11.2. The predicted octanol–water partition coefficient (Wildman–Crippen LogP) is 6.16. The lowest BCUT2D eigenvalue weighted by molar-refractivity contribution is -0.137. The number of hydrogen-bond acceptors (Lipinski definition) is 2. The molecular weight excluding hydrogens is 401 g/mol. The first kappa shape index (κ1) is 19.9. The molecule has 1 aromatic heterocycles. The molecule has 2 N–H and O–H groups in total. The molecule has 0 amide bonds. The van der Waals surface area contributed by atoms with Gasteiger partial charge in [0.2, 0.25) is 0 Å². The molecule has 2 aromatic carbocycles. The molecule has 0 saturated heterocycles. The largest absolute Gasteiger partial charge is 0.416 e. The van der Waals surface area contributed by atoms with E-state index in [-0.39, 0.29) is 0 Å². The van der Waals surface area contributed by atoms with E-state index in [1.54, 1.807) is 6.21 Å². The minimum Gasteiger partial charge on any atom is -0.378 e. The molecule has 3 nitrogen and oxygen atoms in total. The highest BCUT2D eigenvalue weighted by Crippen LogP contribution is 2.40. The zero-order valence-corrected chi connectivity index (χ0v) is 16.8. The van der Waals surface area contributed by atoms with E-state index < -0.39 is 17.3 Å². The first-order valence-electron chi connectivity index (χ1n) is 10.5. The second kappa shape index (κ2) is 7.28. The Balaban J connectivity index is 1.60. The molecular formula is C25H21F3N2O. The van der Waals surface area contributed by atoms with Gasteiger partial charge in [-0.3, -0.25) is 4.99 Å². The number of hydrogen-bond donors (Lipinski definition) is 2. The Hall–Kier alpha value is -3.04. The van der Waals surface area contributed by atoms with Crippen LogP contribution < -0.4 is 0 Å². The summed E-state index contributed by atoms with van der Waals surface area (Å²) in [6, 6.07) is 9.40. The number of aliphatic hydroxyl groups is 1. The van der Waals surface area contributed by atoms with Gasteiger partial charge in [0.25, 0.3) is 0 Å². The molecule has 1 aliphatic heterocycles. The number of H-pyrrole nitrogens is 1. The van der Waals surface area contributed by atoms with E-state index in [0.29, 0.717) is 30.2 Å². The molecule has 0 radical (unpaired) electrons. The third-order valence-corrected chi connectivity index (χ3v) is 6.15. The maximum atomic E-state index is 13.2. The maximum absolute atomic E-state index is 13.2. The Morgan fingerprint density at radius 2 is 1.84 bits per heavy atom. The van der Waals surface area contributed by atoms with Crippen LogP contribution >= 0.6 is 0 Å². The van der Waals surface area contributed by atoms with Gasteiger partial charge in [-0.15, -0.1) is 0 Å². The van der Waals surface area contributed by atoms with Crippen LogP contribution in [-0.4, -0.2) is 21.9 Å². The number of rotatable bonds is 0. The molecule has 0 bridgehead atoms. The van der Waals surface area contributed by atoms with Gasteiger partial charge in [-0.2, -0.15) is 13.2 Å². The van der Waals surface area contributed by atoms with Crippen molar-refractivity contribution in [3.8, 4) is 23.1 Å². The first-order valence-corrected chi connectivity index (χ1v) is 10.5. The Morgan fingerprint density at radius 1 is 1.03 bits per heavy atom. The lowest BCUT2D eigenvalue weighted by Gasteiger charge is -2.26. The van der Waals surface area contributed by atoms with Gasteiger partial charge in [0, 0.05) is 34.7 Å². The van der Waals surface area contributed by atoms with Gasteiger partial charge in [0.15, 0.2) is 0 Å². The molecule has 31 heavy (non-hydrogen) atoms. The van der Waals surface area contributed by atoms with E-state index in [4.69, 9.17) is 0 Å². The van der Waals surface area contributed by atoms with E-state index in [1.807, 2.05) is 18.2 Å². The highest BCUT2D eigenvalue weighted by molar-refractivity contribution is 5.97. The molecule has 0 atom stereocenters. The monoisotopic (exact) mass is 422 g/mol. The lowest BCUT2D eigenvalue weighted by atomic mass is 9.85. The Morgan fingerprint density at radius 3 is 2.61 bits per heavy atom. The number of aliphatic imine (C=N–C) groups is 1. The average Bonchev–Trinajstić information content (AvgIpc) is 3.01. The number of halogens is 3. The van der Waals surface area contributed by atoms with Crippen molar-refractivity contribution in [3.05, 3.63) is 53.1 Å². The minimum absolute atomic E-state index is 0.437. The van der Waals surface area contributed by atoms with Gasteiger partial charge in [0.05, 0.1) is 16.9 Å². The Kier molecular flexibility index (Phi) is 4.67. The molecule has 5 rings (SSSR count). The standard InChI is InChI=1S/C25H21F3N2O/c26-25(27,28)17-5-7-22-19(15-17)18-9-13-29-21-6-4-16(14-20(21)23(18)30-22)8-12-24(31)10-2-1-3-11-24/h4-7,13-15,30-31H,1-3,9-11H2. The third kappa shape index (κ3) is 3.75. The number of alkyl halides is 3. The van der Waals surface area contributed by atoms with Crippen molar-refractivity contribution in [1.29, 1.82) is 0 Å². The van der Waals surface area contributed by atoms with Crippen LogP contribution in [-0.2, 0) is 12.6 Å².